The van der Waals surface area contributed by atoms with E-state index >= 15 is 0 Å². The van der Waals surface area contributed by atoms with E-state index in [4.69, 9.17) is 0 Å². The molecule has 0 aromatic carbocycles. The largest absolute Gasteiger partial charge is 0.393 e. The zero-order valence-corrected chi connectivity index (χ0v) is 22.5. The van der Waals surface area contributed by atoms with Gasteiger partial charge in [0.15, 0.2) is 0 Å². The molecule has 3 nitrogen and oxygen atoms in total. The summed E-state index contributed by atoms with van der Waals surface area (Å²) in [5.41, 5.74) is 1.51. The zero-order chi connectivity index (χ0) is 24.4. The molecule has 0 radical (unpaired) electrons. The fourth-order valence-corrected chi connectivity index (χ4v) is 11.2. The van der Waals surface area contributed by atoms with E-state index in [1.165, 1.54) is 5.57 Å². The van der Waals surface area contributed by atoms with Crippen LogP contribution in [0.4, 0.5) is 0 Å². The maximum absolute atomic E-state index is 11.8. The van der Waals surface area contributed by atoms with E-state index in [9.17, 15) is 15.3 Å². The normalized spacial score (nSPS) is 57.6. The minimum absolute atomic E-state index is 0.00883. The van der Waals surface area contributed by atoms with Crippen molar-refractivity contribution >= 4 is 0 Å². The topological polar surface area (TPSA) is 60.7 Å². The number of aliphatic hydroxyl groups excluding tert-OH is 3. The summed E-state index contributed by atoms with van der Waals surface area (Å²) in [6, 6.07) is 0. The van der Waals surface area contributed by atoms with Crippen LogP contribution >= 0.6 is 0 Å². The molecule has 4 saturated carbocycles. The number of rotatable bonds is 1. The molecule has 5 aliphatic rings. The van der Waals surface area contributed by atoms with Gasteiger partial charge in [0, 0.05) is 5.92 Å². The first kappa shape index (κ1) is 24.3. The van der Waals surface area contributed by atoms with Crippen molar-refractivity contribution in [1.82, 2.24) is 0 Å². The van der Waals surface area contributed by atoms with E-state index in [1.54, 1.807) is 0 Å². The lowest BCUT2D eigenvalue weighted by atomic mass is 9.35. The van der Waals surface area contributed by atoms with Crippen molar-refractivity contribution < 1.29 is 15.3 Å². The van der Waals surface area contributed by atoms with Crippen LogP contribution in [0, 0.1) is 56.7 Å². The van der Waals surface area contributed by atoms with Crippen LogP contribution in [0.25, 0.3) is 0 Å². The van der Waals surface area contributed by atoms with Crippen molar-refractivity contribution in [2.24, 2.45) is 56.7 Å². The summed E-state index contributed by atoms with van der Waals surface area (Å²) in [6.07, 6.45) is 8.51. The van der Waals surface area contributed by atoms with Crippen molar-refractivity contribution in [2.45, 2.75) is 119 Å². The van der Waals surface area contributed by atoms with Gasteiger partial charge in [0.1, 0.15) is 0 Å². The number of hydrogen-bond donors (Lipinski definition) is 3. The Kier molecular flexibility index (Phi) is 5.23. The minimum Gasteiger partial charge on any atom is -0.393 e. The smallest absolute Gasteiger partial charge is 0.0614 e. The molecule has 3 N–H and O–H groups in total. The molecule has 0 aromatic heterocycles. The Morgan fingerprint density at radius 1 is 0.848 bits per heavy atom. The summed E-state index contributed by atoms with van der Waals surface area (Å²) in [5, 5.41) is 34.2. The van der Waals surface area contributed by atoms with Crippen LogP contribution in [-0.4, -0.2) is 33.6 Å². The van der Waals surface area contributed by atoms with Crippen LogP contribution < -0.4 is 0 Å². The maximum atomic E-state index is 11.8. The van der Waals surface area contributed by atoms with Gasteiger partial charge in [0.2, 0.25) is 0 Å². The molecule has 33 heavy (non-hydrogen) atoms. The Hall–Kier alpha value is -0.380. The van der Waals surface area contributed by atoms with Gasteiger partial charge < -0.3 is 15.3 Å². The predicted octanol–water partition coefficient (Wildman–Crippen LogP) is 5.97. The molecule has 0 heterocycles. The Balaban J connectivity index is 1.61. The van der Waals surface area contributed by atoms with Crippen LogP contribution in [0.1, 0.15) is 100 Å². The SMILES string of the molecule is CC(C)[C@@H]1C[C@@H](O)C2[C@@]1(C)CC[C@@]1(C)[C@H]3C(=CC[C@]21C)[C@@]1(C)CC[C@H](O)C(C)(C)[C@@H]1C[C@@H]3O. The second-order valence-electron chi connectivity index (χ2n) is 15.0. The summed E-state index contributed by atoms with van der Waals surface area (Å²) >= 11 is 0. The molecule has 0 aliphatic heterocycles. The molecular weight excluding hydrogens is 408 g/mol. The molecule has 0 bridgehead atoms. The molecule has 0 spiro atoms. The minimum atomic E-state index is -0.368. The Morgan fingerprint density at radius 2 is 1.52 bits per heavy atom. The molecule has 5 rings (SSSR count). The molecule has 11 atom stereocenters. The van der Waals surface area contributed by atoms with Gasteiger partial charge in [-0.1, -0.05) is 67.0 Å². The van der Waals surface area contributed by atoms with Crippen molar-refractivity contribution in [1.29, 1.82) is 0 Å². The third-order valence-electron chi connectivity index (χ3n) is 13.2. The highest BCUT2D eigenvalue weighted by atomic mass is 16.3. The molecule has 0 saturated heterocycles. The number of allylic oxidation sites excluding steroid dienone is 1. The fourth-order valence-electron chi connectivity index (χ4n) is 11.2. The highest BCUT2D eigenvalue weighted by molar-refractivity contribution is 5.35. The number of aliphatic hydroxyl groups is 3. The van der Waals surface area contributed by atoms with Crippen LogP contribution in [0.3, 0.4) is 0 Å². The molecule has 188 valence electrons. The van der Waals surface area contributed by atoms with E-state index in [-0.39, 0.29) is 57.2 Å². The first-order valence-corrected chi connectivity index (χ1v) is 13.9. The summed E-state index contributed by atoms with van der Waals surface area (Å²) in [7, 11) is 0. The monoisotopic (exact) mass is 458 g/mol. The summed E-state index contributed by atoms with van der Waals surface area (Å²) in [4.78, 5) is 0. The first-order valence-electron chi connectivity index (χ1n) is 13.9. The second kappa shape index (κ2) is 7.10. The Morgan fingerprint density at radius 3 is 2.15 bits per heavy atom. The lowest BCUT2D eigenvalue weighted by molar-refractivity contribution is -0.202. The molecule has 3 heteroatoms. The van der Waals surface area contributed by atoms with Gasteiger partial charge in [-0.15, -0.1) is 0 Å². The first-order chi connectivity index (χ1) is 15.1. The average Bonchev–Trinajstić information content (AvgIpc) is 3.00. The Labute approximate surface area is 202 Å². The maximum Gasteiger partial charge on any atom is 0.0614 e. The molecule has 0 aromatic rings. The zero-order valence-electron chi connectivity index (χ0n) is 22.5. The van der Waals surface area contributed by atoms with Crippen LogP contribution in [0.5, 0.6) is 0 Å². The molecule has 0 amide bonds. The lowest BCUT2D eigenvalue weighted by Crippen LogP contribution is -2.66. The highest BCUT2D eigenvalue weighted by Gasteiger charge is 2.71. The van der Waals surface area contributed by atoms with Crippen LogP contribution in [-0.2, 0) is 0 Å². The van der Waals surface area contributed by atoms with Gasteiger partial charge in [0.05, 0.1) is 18.3 Å². The summed E-state index contributed by atoms with van der Waals surface area (Å²) < 4.78 is 0. The third-order valence-corrected chi connectivity index (χ3v) is 13.2. The molecule has 4 fully saturated rings. The van der Waals surface area contributed by atoms with E-state index in [0.29, 0.717) is 17.8 Å². The van der Waals surface area contributed by atoms with Crippen molar-refractivity contribution in [2.75, 3.05) is 0 Å². The van der Waals surface area contributed by atoms with Gasteiger partial charge in [-0.05, 0) is 95.7 Å². The second-order valence-corrected chi connectivity index (χ2v) is 15.0. The molecule has 5 aliphatic carbocycles. The van der Waals surface area contributed by atoms with Crippen molar-refractivity contribution in [3.8, 4) is 0 Å². The van der Waals surface area contributed by atoms with E-state index in [0.717, 1.165) is 44.9 Å². The number of hydrogen-bond acceptors (Lipinski definition) is 3. The van der Waals surface area contributed by atoms with E-state index in [2.05, 4.69) is 61.5 Å². The van der Waals surface area contributed by atoms with Gasteiger partial charge >= 0.3 is 0 Å². The van der Waals surface area contributed by atoms with Crippen LogP contribution in [0.15, 0.2) is 11.6 Å². The Bertz CT molecular complexity index is 845. The standard InChI is InChI=1S/C30H50O3/c1-17(2)19-15-21(32)25-28(19,6)13-14-29(7)24-18(9-12-30(25,29)8)27(5)11-10-23(33)26(3,4)22(27)16-20(24)31/h9,17,19-25,31-33H,10-16H2,1-8H3/t19-,20-,21+,22-,23-,24-,25?,27+,28-,29-,30+/m0/s1. The van der Waals surface area contributed by atoms with Crippen molar-refractivity contribution in [3.63, 3.8) is 0 Å². The number of fused-ring (bicyclic) bond motifs is 7. The van der Waals surface area contributed by atoms with Crippen LogP contribution in [0.2, 0.25) is 0 Å². The average molecular weight is 459 g/mol. The van der Waals surface area contributed by atoms with E-state index < -0.39 is 0 Å². The summed E-state index contributed by atoms with van der Waals surface area (Å²) in [5.74, 6) is 1.92. The molecular formula is C30H50O3. The van der Waals surface area contributed by atoms with Crippen molar-refractivity contribution in [3.05, 3.63) is 11.6 Å². The highest BCUT2D eigenvalue weighted by Crippen LogP contribution is 2.76. The van der Waals surface area contributed by atoms with Gasteiger partial charge in [0.25, 0.3) is 0 Å². The molecule has 1 unspecified atom stereocenters. The summed E-state index contributed by atoms with van der Waals surface area (Å²) in [6.45, 7) is 19.0. The predicted molar refractivity (Wildman–Crippen MR) is 133 cm³/mol. The van der Waals surface area contributed by atoms with E-state index in [1.807, 2.05) is 0 Å². The van der Waals surface area contributed by atoms with Gasteiger partial charge in [-0.2, -0.15) is 0 Å². The fraction of sp³-hybridized carbons (Fsp3) is 0.933. The lowest BCUT2D eigenvalue weighted by Gasteiger charge is -2.70. The van der Waals surface area contributed by atoms with Gasteiger partial charge in [-0.3, -0.25) is 0 Å². The quantitative estimate of drug-likeness (QED) is 0.425. The van der Waals surface area contributed by atoms with Gasteiger partial charge in [-0.25, -0.2) is 0 Å². The third kappa shape index (κ3) is 2.80.